The minimum Gasteiger partial charge on any atom is -0.481 e. The molecule has 0 radical (unpaired) electrons. The van der Waals surface area contributed by atoms with E-state index in [2.05, 4.69) is 15.9 Å². The van der Waals surface area contributed by atoms with Gasteiger partial charge in [0.1, 0.15) is 0 Å². The van der Waals surface area contributed by atoms with E-state index in [0.717, 1.165) is 22.9 Å². The summed E-state index contributed by atoms with van der Waals surface area (Å²) in [6.07, 6.45) is 7.97. The van der Waals surface area contributed by atoms with Gasteiger partial charge in [0.25, 0.3) is 0 Å². The molecule has 0 heterocycles. The average molecular weight is 323 g/mol. The molecule has 1 aromatic carbocycles. The van der Waals surface area contributed by atoms with Crippen LogP contribution in [-0.2, 0) is 10.2 Å². The lowest BCUT2D eigenvalue weighted by atomic mass is 9.46. The van der Waals surface area contributed by atoms with Gasteiger partial charge in [-0.25, -0.2) is 0 Å². The maximum atomic E-state index is 11.8. The fourth-order valence-corrected chi connectivity index (χ4v) is 4.40. The Morgan fingerprint density at radius 1 is 1.05 bits per heavy atom. The van der Waals surface area contributed by atoms with Crippen molar-refractivity contribution in [3.63, 3.8) is 0 Å². The van der Waals surface area contributed by atoms with Crippen molar-refractivity contribution >= 4 is 21.9 Å². The van der Waals surface area contributed by atoms with Crippen LogP contribution in [-0.4, -0.2) is 11.1 Å². The zero-order chi connectivity index (χ0) is 13.5. The fraction of sp³-hybridized carbons (Fsp3) is 0.562. The zero-order valence-corrected chi connectivity index (χ0v) is 12.6. The predicted octanol–water partition coefficient (Wildman–Crippen LogP) is 4.52. The average Bonchev–Trinajstić information content (AvgIpc) is 2.37. The van der Waals surface area contributed by atoms with Crippen molar-refractivity contribution in [2.45, 2.75) is 50.4 Å². The highest BCUT2D eigenvalue weighted by Crippen LogP contribution is 2.62. The Bertz CT molecular complexity index is 478. The number of benzene rings is 1. The molecule has 0 atom stereocenters. The highest BCUT2D eigenvalue weighted by molar-refractivity contribution is 9.10. The molecule has 0 bridgehead atoms. The highest BCUT2D eigenvalue weighted by Gasteiger charge is 2.59. The molecule has 2 fully saturated rings. The van der Waals surface area contributed by atoms with Crippen LogP contribution in [0.1, 0.15) is 50.5 Å². The van der Waals surface area contributed by atoms with Gasteiger partial charge in [0.05, 0.1) is 5.41 Å². The smallest absolute Gasteiger partial charge is 0.314 e. The number of halogens is 1. The second-order valence-corrected chi connectivity index (χ2v) is 7.22. The Hall–Kier alpha value is -0.830. The fourth-order valence-electron chi connectivity index (χ4n) is 4.13. The molecule has 0 aliphatic heterocycles. The molecule has 3 heteroatoms. The number of carbonyl (C=O) groups is 1. The monoisotopic (exact) mass is 322 g/mol. The number of aliphatic carboxylic acids is 1. The first-order valence-corrected chi connectivity index (χ1v) is 7.85. The quantitative estimate of drug-likeness (QED) is 0.869. The minimum absolute atomic E-state index is 0.323. The summed E-state index contributed by atoms with van der Waals surface area (Å²) < 4.78 is 1.00. The van der Waals surface area contributed by atoms with Gasteiger partial charge in [0, 0.05) is 4.47 Å². The van der Waals surface area contributed by atoms with Crippen LogP contribution < -0.4 is 0 Å². The predicted molar refractivity (Wildman–Crippen MR) is 78.2 cm³/mol. The lowest BCUT2D eigenvalue weighted by molar-refractivity contribution is -0.156. The third-order valence-electron chi connectivity index (χ3n) is 5.07. The molecule has 2 nitrogen and oxygen atoms in total. The van der Waals surface area contributed by atoms with E-state index in [4.69, 9.17) is 0 Å². The normalized spacial score (nSPS) is 23.8. The van der Waals surface area contributed by atoms with Crippen molar-refractivity contribution in [1.82, 2.24) is 0 Å². The van der Waals surface area contributed by atoms with Gasteiger partial charge in [0.15, 0.2) is 0 Å². The van der Waals surface area contributed by atoms with E-state index >= 15 is 0 Å². The number of carboxylic acid groups (broad SMARTS) is 1. The molecular formula is C16H19BrO2. The number of hydrogen-bond donors (Lipinski definition) is 1. The van der Waals surface area contributed by atoms with E-state index in [1.165, 1.54) is 32.1 Å². The minimum atomic E-state index is -0.647. The molecule has 1 spiro atoms. The van der Waals surface area contributed by atoms with Crippen molar-refractivity contribution in [3.8, 4) is 0 Å². The summed E-state index contributed by atoms with van der Waals surface area (Å²) in [4.78, 5) is 11.8. The molecular weight excluding hydrogens is 304 g/mol. The molecule has 0 unspecified atom stereocenters. The van der Waals surface area contributed by atoms with Crippen molar-refractivity contribution < 1.29 is 9.90 Å². The van der Waals surface area contributed by atoms with E-state index in [1.807, 2.05) is 24.3 Å². The van der Waals surface area contributed by atoms with Gasteiger partial charge in [-0.05, 0) is 48.8 Å². The Kier molecular flexibility index (Phi) is 3.20. The molecule has 1 aromatic rings. The summed E-state index contributed by atoms with van der Waals surface area (Å²) in [6.45, 7) is 0. The van der Waals surface area contributed by atoms with E-state index in [0.29, 0.717) is 5.41 Å². The second-order valence-electron chi connectivity index (χ2n) is 6.31. The molecule has 0 amide bonds. The lowest BCUT2D eigenvalue weighted by Gasteiger charge is -2.56. The van der Waals surface area contributed by atoms with Gasteiger partial charge in [-0.2, -0.15) is 0 Å². The van der Waals surface area contributed by atoms with Crippen molar-refractivity contribution in [2.24, 2.45) is 5.41 Å². The molecule has 3 rings (SSSR count). The van der Waals surface area contributed by atoms with Crippen molar-refractivity contribution in [2.75, 3.05) is 0 Å². The molecule has 2 aliphatic carbocycles. The summed E-state index contributed by atoms with van der Waals surface area (Å²) in [7, 11) is 0. The third-order valence-corrected chi connectivity index (χ3v) is 5.60. The first-order chi connectivity index (χ1) is 9.06. The van der Waals surface area contributed by atoms with Gasteiger partial charge in [-0.1, -0.05) is 47.3 Å². The lowest BCUT2D eigenvalue weighted by Crippen LogP contribution is -2.55. The van der Waals surface area contributed by atoms with Crippen LogP contribution in [0.5, 0.6) is 0 Å². The Morgan fingerprint density at radius 2 is 1.63 bits per heavy atom. The molecule has 2 aliphatic rings. The van der Waals surface area contributed by atoms with Crippen molar-refractivity contribution in [3.05, 3.63) is 34.3 Å². The van der Waals surface area contributed by atoms with Gasteiger partial charge < -0.3 is 5.11 Å². The van der Waals surface area contributed by atoms with Crippen LogP contribution in [0.25, 0.3) is 0 Å². The zero-order valence-electron chi connectivity index (χ0n) is 11.0. The summed E-state index contributed by atoms with van der Waals surface area (Å²) in [6, 6.07) is 7.83. The first-order valence-electron chi connectivity index (χ1n) is 7.06. The molecule has 19 heavy (non-hydrogen) atoms. The van der Waals surface area contributed by atoms with Gasteiger partial charge >= 0.3 is 5.97 Å². The van der Waals surface area contributed by atoms with Gasteiger partial charge in [-0.3, -0.25) is 4.79 Å². The number of rotatable bonds is 2. The van der Waals surface area contributed by atoms with Crippen LogP contribution in [0.15, 0.2) is 28.7 Å². The molecule has 0 saturated heterocycles. The Labute approximate surface area is 122 Å². The molecule has 1 N–H and O–H groups in total. The molecule has 2 saturated carbocycles. The summed E-state index contributed by atoms with van der Waals surface area (Å²) >= 11 is 3.41. The number of carboxylic acids is 1. The topological polar surface area (TPSA) is 37.3 Å². The molecule has 0 aromatic heterocycles. The largest absolute Gasteiger partial charge is 0.481 e. The summed E-state index contributed by atoms with van der Waals surface area (Å²) in [5.41, 5.74) is 0.668. The van der Waals surface area contributed by atoms with Crippen molar-refractivity contribution in [1.29, 1.82) is 0 Å². The van der Waals surface area contributed by atoms with E-state index in [-0.39, 0.29) is 0 Å². The summed E-state index contributed by atoms with van der Waals surface area (Å²) in [5, 5.41) is 9.71. The van der Waals surface area contributed by atoms with Gasteiger partial charge in [0.2, 0.25) is 0 Å². The van der Waals surface area contributed by atoms with E-state index in [1.54, 1.807) is 0 Å². The maximum Gasteiger partial charge on any atom is 0.314 e. The molecule has 102 valence electrons. The summed E-state index contributed by atoms with van der Waals surface area (Å²) in [5.74, 6) is -0.647. The second kappa shape index (κ2) is 4.62. The van der Waals surface area contributed by atoms with Crippen LogP contribution in [0.3, 0.4) is 0 Å². The van der Waals surface area contributed by atoms with E-state index < -0.39 is 11.4 Å². The highest BCUT2D eigenvalue weighted by atomic mass is 79.9. The third kappa shape index (κ3) is 2.12. The maximum absolute atomic E-state index is 11.8. The first kappa shape index (κ1) is 13.2. The Balaban J connectivity index is 1.87. The van der Waals surface area contributed by atoms with Crippen LogP contribution in [0.2, 0.25) is 0 Å². The van der Waals surface area contributed by atoms with E-state index in [9.17, 15) is 9.90 Å². The van der Waals surface area contributed by atoms with Crippen LogP contribution >= 0.6 is 15.9 Å². The number of hydrogen-bond acceptors (Lipinski definition) is 1. The van der Waals surface area contributed by atoms with Crippen LogP contribution in [0.4, 0.5) is 0 Å². The Morgan fingerprint density at radius 3 is 2.16 bits per heavy atom. The standard InChI is InChI=1S/C16H19BrO2/c17-13-6-4-12(5-7-13)16(14(18)19)10-15(11-16)8-2-1-3-9-15/h4-7H,1-3,8-11H2,(H,18,19). The van der Waals surface area contributed by atoms with Crippen LogP contribution in [0, 0.1) is 5.41 Å². The SMILES string of the molecule is O=C(O)C1(c2ccc(Br)cc2)CC2(CCCCC2)C1. The van der Waals surface area contributed by atoms with Gasteiger partial charge in [-0.15, -0.1) is 0 Å².